The van der Waals surface area contributed by atoms with Gasteiger partial charge in [-0.2, -0.15) is 0 Å². The van der Waals surface area contributed by atoms with Crippen LogP contribution in [0, 0.1) is 6.92 Å². The maximum Gasteiger partial charge on any atom is 0.126 e. The van der Waals surface area contributed by atoms with E-state index in [1.165, 1.54) is 27.6 Å². The van der Waals surface area contributed by atoms with Crippen LogP contribution >= 0.6 is 8.58 Å². The molecule has 3 aromatic rings. The highest BCUT2D eigenvalue weighted by atomic mass is 31.1. The van der Waals surface area contributed by atoms with Gasteiger partial charge in [-0.05, 0) is 66.0 Å². The molecule has 37 heavy (non-hydrogen) atoms. The lowest BCUT2D eigenvalue weighted by molar-refractivity contribution is 0.200. The van der Waals surface area contributed by atoms with Crippen molar-refractivity contribution in [3.63, 3.8) is 0 Å². The first-order chi connectivity index (χ1) is 17.9. The highest BCUT2D eigenvalue weighted by Gasteiger charge is 2.32. The van der Waals surface area contributed by atoms with E-state index < -0.39 is 0 Å². The molecule has 2 nitrogen and oxygen atoms in total. The molecule has 0 amide bonds. The lowest BCUT2D eigenvalue weighted by atomic mass is 9.92. The molecule has 0 aliphatic heterocycles. The maximum absolute atomic E-state index is 6.69. The van der Waals surface area contributed by atoms with E-state index in [0.29, 0.717) is 15.2 Å². The molecule has 2 unspecified atom stereocenters. The molecule has 0 fully saturated rings. The van der Waals surface area contributed by atoms with Crippen LogP contribution in [0.15, 0.2) is 114 Å². The molecule has 3 heteroatoms. The van der Waals surface area contributed by atoms with Crippen molar-refractivity contribution in [2.24, 2.45) is 0 Å². The smallest absolute Gasteiger partial charge is 0.126 e. The first kappa shape index (κ1) is 28.6. The predicted octanol–water partition coefficient (Wildman–Crippen LogP) is 8.03. The molecule has 0 radical (unpaired) electrons. The number of benzene rings is 3. The Bertz CT molecular complexity index is 1210. The Morgan fingerprint density at radius 1 is 0.973 bits per heavy atom. The molecule has 2 atom stereocenters. The second kappa shape index (κ2) is 14.1. The molecule has 0 saturated carbocycles. The number of hydrogen-bond acceptors (Lipinski definition) is 2. The zero-order chi connectivity index (χ0) is 26.7. The molecular weight excluding hydrogens is 469 g/mol. The molecule has 0 aliphatic carbocycles. The third-order valence-corrected chi connectivity index (χ3v) is 9.07. The van der Waals surface area contributed by atoms with Crippen LogP contribution in [0.3, 0.4) is 0 Å². The second-order valence-corrected chi connectivity index (χ2v) is 11.6. The topological polar surface area (TPSA) is 21.3 Å². The summed E-state index contributed by atoms with van der Waals surface area (Å²) >= 11 is 0. The van der Waals surface area contributed by atoms with Crippen molar-refractivity contribution in [3.8, 4) is 0 Å². The summed E-state index contributed by atoms with van der Waals surface area (Å²) in [5.74, 6) is 0.923. The van der Waals surface area contributed by atoms with Gasteiger partial charge in [-0.3, -0.25) is 0 Å². The van der Waals surface area contributed by atoms with Crippen LogP contribution in [0.1, 0.15) is 49.4 Å². The first-order valence-corrected chi connectivity index (χ1v) is 14.2. The zero-order valence-corrected chi connectivity index (χ0v) is 24.1. The van der Waals surface area contributed by atoms with Crippen LogP contribution in [0.5, 0.6) is 0 Å². The van der Waals surface area contributed by atoms with E-state index in [1.807, 2.05) is 13.1 Å². The maximum atomic E-state index is 6.69. The summed E-state index contributed by atoms with van der Waals surface area (Å²) in [6.07, 6.45) is 6.07. The molecule has 3 rings (SSSR count). The molecule has 0 aliphatic rings. The molecule has 0 heterocycles. The van der Waals surface area contributed by atoms with Gasteiger partial charge >= 0.3 is 0 Å². The fraction of sp³-hybridized carbons (Fsp3) is 0.294. The lowest BCUT2D eigenvalue weighted by Gasteiger charge is -2.34. The van der Waals surface area contributed by atoms with Gasteiger partial charge in [0.05, 0.1) is 0 Å². The Morgan fingerprint density at radius 3 is 2.22 bits per heavy atom. The van der Waals surface area contributed by atoms with Gasteiger partial charge in [-0.25, -0.2) is 0 Å². The van der Waals surface area contributed by atoms with Gasteiger partial charge in [-0.15, -0.1) is 0 Å². The summed E-state index contributed by atoms with van der Waals surface area (Å²) < 4.78 is 6.69. The van der Waals surface area contributed by atoms with E-state index in [9.17, 15) is 0 Å². The fourth-order valence-electron chi connectivity index (χ4n) is 4.48. The van der Waals surface area contributed by atoms with Crippen LogP contribution in [-0.2, 0) is 24.3 Å². The van der Waals surface area contributed by atoms with Crippen LogP contribution in [0.4, 0.5) is 0 Å². The number of nitrogens with one attached hydrogen (secondary N) is 1. The van der Waals surface area contributed by atoms with Gasteiger partial charge in [0.1, 0.15) is 12.4 Å². The summed E-state index contributed by atoms with van der Waals surface area (Å²) in [5.41, 5.74) is 7.36. The van der Waals surface area contributed by atoms with Gasteiger partial charge in [0, 0.05) is 18.1 Å². The Kier molecular flexibility index (Phi) is 10.9. The summed E-state index contributed by atoms with van der Waals surface area (Å²) in [5, 5.41) is 4.64. The van der Waals surface area contributed by atoms with Gasteiger partial charge in [0.25, 0.3) is 0 Å². The second-order valence-electron chi connectivity index (χ2n) is 9.72. The number of aryl methyl sites for hydroxylation is 1. The third-order valence-electron chi connectivity index (χ3n) is 6.90. The summed E-state index contributed by atoms with van der Waals surface area (Å²) in [6.45, 7) is 15.0. The SMILES string of the molecule is C=C(/C(OCc1ccccc1)=C(\C=C/C)Cc1ccccc1)C(C)(CC)Pc1c(C)cccc1CNC. The zero-order valence-electron chi connectivity index (χ0n) is 23.1. The Balaban J connectivity index is 2.06. The number of rotatable bonds is 13. The number of ether oxygens (including phenoxy) is 1. The monoisotopic (exact) mass is 511 g/mol. The Morgan fingerprint density at radius 2 is 1.62 bits per heavy atom. The van der Waals surface area contributed by atoms with E-state index in [1.54, 1.807) is 0 Å². The Labute approximate surface area is 226 Å². The first-order valence-electron chi connectivity index (χ1n) is 13.2. The Hall–Kier alpha value is -2.93. The number of allylic oxidation sites excluding steroid dienone is 4. The van der Waals surface area contributed by atoms with Crippen molar-refractivity contribution >= 4 is 13.9 Å². The average molecular weight is 512 g/mol. The minimum absolute atomic E-state index is 0.135. The highest BCUT2D eigenvalue weighted by molar-refractivity contribution is 7.49. The fourth-order valence-corrected chi connectivity index (χ4v) is 6.09. The van der Waals surface area contributed by atoms with Crippen LogP contribution < -0.4 is 10.6 Å². The van der Waals surface area contributed by atoms with Crippen molar-refractivity contribution in [1.29, 1.82) is 0 Å². The van der Waals surface area contributed by atoms with Crippen molar-refractivity contribution in [2.45, 2.75) is 58.8 Å². The summed E-state index contributed by atoms with van der Waals surface area (Å²) in [7, 11) is 2.60. The van der Waals surface area contributed by atoms with Gasteiger partial charge in [0.15, 0.2) is 0 Å². The van der Waals surface area contributed by atoms with Gasteiger partial charge < -0.3 is 10.1 Å². The molecule has 1 N–H and O–H groups in total. The van der Waals surface area contributed by atoms with E-state index in [2.05, 4.69) is 118 Å². The van der Waals surface area contributed by atoms with E-state index in [4.69, 9.17) is 11.3 Å². The van der Waals surface area contributed by atoms with Crippen molar-refractivity contribution in [2.75, 3.05) is 7.05 Å². The molecule has 0 aromatic heterocycles. The lowest BCUT2D eigenvalue weighted by Crippen LogP contribution is -2.28. The summed E-state index contributed by atoms with van der Waals surface area (Å²) in [4.78, 5) is 0. The van der Waals surface area contributed by atoms with E-state index in [0.717, 1.165) is 36.3 Å². The molecule has 0 spiro atoms. The quantitative estimate of drug-likeness (QED) is 0.142. The third kappa shape index (κ3) is 7.78. The summed E-state index contributed by atoms with van der Waals surface area (Å²) in [6, 6.07) is 27.6. The predicted molar refractivity (Wildman–Crippen MR) is 163 cm³/mol. The highest BCUT2D eigenvalue weighted by Crippen LogP contribution is 2.45. The van der Waals surface area contributed by atoms with E-state index >= 15 is 0 Å². The normalized spacial score (nSPS) is 14.1. The van der Waals surface area contributed by atoms with Gasteiger partial charge in [-0.1, -0.05) is 120 Å². The molecular formula is C34H42NOP. The van der Waals surface area contributed by atoms with Crippen molar-refractivity contribution < 1.29 is 4.74 Å². The van der Waals surface area contributed by atoms with Crippen molar-refractivity contribution in [1.82, 2.24) is 5.32 Å². The standard InChI is InChI=1S/C34H42NOP/c1-7-16-30(23-28-18-11-9-12-19-28)32(36-25-29-20-13-10-14-21-29)27(4)34(5,8-2)37-33-26(3)17-15-22-31(33)24-35-6/h7,9-22,35,37H,4,8,23-25H2,1-3,5-6H3/b16-7-,32-30-. The number of hydrogen-bond donors (Lipinski definition) is 1. The minimum Gasteiger partial charge on any atom is -0.488 e. The van der Waals surface area contributed by atoms with Crippen LogP contribution in [0.25, 0.3) is 0 Å². The largest absolute Gasteiger partial charge is 0.488 e. The molecule has 3 aromatic carbocycles. The molecule has 194 valence electrons. The molecule has 0 bridgehead atoms. The van der Waals surface area contributed by atoms with Crippen LogP contribution in [-0.4, -0.2) is 12.2 Å². The molecule has 0 saturated heterocycles. The van der Waals surface area contributed by atoms with Crippen LogP contribution in [0.2, 0.25) is 0 Å². The van der Waals surface area contributed by atoms with Gasteiger partial charge in [0.2, 0.25) is 0 Å². The average Bonchev–Trinajstić information content (AvgIpc) is 2.92. The van der Waals surface area contributed by atoms with Crippen molar-refractivity contribution in [3.05, 3.63) is 137 Å². The van der Waals surface area contributed by atoms with E-state index in [-0.39, 0.29) is 5.16 Å². The minimum atomic E-state index is -0.135.